The van der Waals surface area contributed by atoms with Crippen LogP contribution in [0, 0.1) is 13.8 Å². The Hall–Kier alpha value is -1.61. The number of nitrogens with two attached hydrogens (primary N) is 1. The molecule has 0 spiro atoms. The zero-order valence-corrected chi connectivity index (χ0v) is 9.07. The highest BCUT2D eigenvalue weighted by Gasteiger charge is 2.05. The molecule has 0 aliphatic carbocycles. The molecule has 2 aromatic rings. The van der Waals surface area contributed by atoms with Gasteiger partial charge in [-0.15, -0.1) is 0 Å². The van der Waals surface area contributed by atoms with Crippen molar-refractivity contribution in [3.63, 3.8) is 0 Å². The molecule has 0 saturated carbocycles. The van der Waals surface area contributed by atoms with Gasteiger partial charge in [-0.05, 0) is 37.1 Å². The molecule has 3 heteroatoms. The van der Waals surface area contributed by atoms with Crippen LogP contribution in [0.1, 0.15) is 16.8 Å². The van der Waals surface area contributed by atoms with E-state index in [1.807, 2.05) is 10.7 Å². The quantitative estimate of drug-likeness (QED) is 0.807. The van der Waals surface area contributed by atoms with Crippen molar-refractivity contribution in [1.82, 2.24) is 9.78 Å². The predicted molar refractivity (Wildman–Crippen MR) is 60.9 cm³/mol. The molecular weight excluding hydrogens is 186 g/mol. The van der Waals surface area contributed by atoms with Crippen LogP contribution in [0.25, 0.3) is 5.69 Å². The highest BCUT2D eigenvalue weighted by molar-refractivity contribution is 5.43. The Bertz CT molecular complexity index is 471. The van der Waals surface area contributed by atoms with Crippen molar-refractivity contribution in [1.29, 1.82) is 0 Å². The molecule has 0 radical (unpaired) electrons. The Morgan fingerprint density at radius 1 is 1.27 bits per heavy atom. The van der Waals surface area contributed by atoms with Crippen LogP contribution < -0.4 is 5.73 Å². The average Bonchev–Trinajstić information content (AvgIpc) is 2.69. The summed E-state index contributed by atoms with van der Waals surface area (Å²) in [6.45, 7) is 4.67. The molecule has 0 amide bonds. The van der Waals surface area contributed by atoms with Gasteiger partial charge < -0.3 is 5.73 Å². The van der Waals surface area contributed by atoms with Crippen LogP contribution in [0.2, 0.25) is 0 Å². The fourth-order valence-electron chi connectivity index (χ4n) is 1.65. The molecule has 2 N–H and O–H groups in total. The van der Waals surface area contributed by atoms with E-state index in [1.165, 1.54) is 11.1 Å². The molecule has 0 aliphatic heterocycles. The molecule has 0 fully saturated rings. The van der Waals surface area contributed by atoms with Crippen LogP contribution in [0.5, 0.6) is 0 Å². The van der Waals surface area contributed by atoms with Gasteiger partial charge in [0.2, 0.25) is 0 Å². The molecule has 0 bridgehead atoms. The largest absolute Gasteiger partial charge is 0.325 e. The molecule has 1 aromatic carbocycles. The van der Waals surface area contributed by atoms with Crippen molar-refractivity contribution >= 4 is 0 Å². The number of hydrogen-bond donors (Lipinski definition) is 1. The first-order valence-corrected chi connectivity index (χ1v) is 5.03. The molecule has 78 valence electrons. The third kappa shape index (κ3) is 1.78. The molecule has 0 unspecified atom stereocenters. The van der Waals surface area contributed by atoms with Crippen molar-refractivity contribution in [3.8, 4) is 5.69 Å². The first kappa shape index (κ1) is 9.93. The number of aryl methyl sites for hydroxylation is 2. The molecule has 3 nitrogen and oxygen atoms in total. The van der Waals surface area contributed by atoms with Gasteiger partial charge in [0.25, 0.3) is 0 Å². The van der Waals surface area contributed by atoms with Crippen molar-refractivity contribution in [3.05, 3.63) is 47.3 Å². The SMILES string of the molecule is Cc1ccc(C)c(-n2nccc2CN)c1. The van der Waals surface area contributed by atoms with E-state index in [-0.39, 0.29) is 0 Å². The highest BCUT2D eigenvalue weighted by Crippen LogP contribution is 2.16. The summed E-state index contributed by atoms with van der Waals surface area (Å²) in [6, 6.07) is 8.28. The summed E-state index contributed by atoms with van der Waals surface area (Å²) in [6.07, 6.45) is 1.78. The Labute approximate surface area is 89.5 Å². The number of nitrogens with zero attached hydrogens (tertiary/aromatic N) is 2. The normalized spacial score (nSPS) is 10.6. The van der Waals surface area contributed by atoms with E-state index in [4.69, 9.17) is 5.73 Å². The Kier molecular flexibility index (Phi) is 2.56. The van der Waals surface area contributed by atoms with Gasteiger partial charge in [-0.1, -0.05) is 12.1 Å². The Morgan fingerprint density at radius 3 is 2.80 bits per heavy atom. The second-order valence-corrected chi connectivity index (χ2v) is 3.73. The third-order valence-corrected chi connectivity index (χ3v) is 2.52. The summed E-state index contributed by atoms with van der Waals surface area (Å²) in [5, 5.41) is 4.30. The molecular formula is C12H15N3. The minimum Gasteiger partial charge on any atom is -0.325 e. The lowest BCUT2D eigenvalue weighted by atomic mass is 10.1. The second-order valence-electron chi connectivity index (χ2n) is 3.73. The third-order valence-electron chi connectivity index (χ3n) is 2.52. The maximum absolute atomic E-state index is 5.66. The van der Waals surface area contributed by atoms with E-state index in [0.717, 1.165) is 11.4 Å². The van der Waals surface area contributed by atoms with Gasteiger partial charge in [-0.25, -0.2) is 4.68 Å². The molecule has 0 saturated heterocycles. The van der Waals surface area contributed by atoms with E-state index in [0.29, 0.717) is 6.54 Å². The standard InChI is InChI=1S/C12H15N3/c1-9-3-4-10(2)12(7-9)15-11(8-13)5-6-14-15/h3-7H,8,13H2,1-2H3. The van der Waals surface area contributed by atoms with E-state index in [1.54, 1.807) is 6.20 Å². The monoisotopic (exact) mass is 201 g/mol. The van der Waals surface area contributed by atoms with E-state index in [9.17, 15) is 0 Å². The van der Waals surface area contributed by atoms with Crippen LogP contribution in [0.3, 0.4) is 0 Å². The van der Waals surface area contributed by atoms with Gasteiger partial charge >= 0.3 is 0 Å². The van der Waals surface area contributed by atoms with Crippen molar-refractivity contribution in [2.45, 2.75) is 20.4 Å². The lowest BCUT2D eigenvalue weighted by molar-refractivity contribution is 0.798. The van der Waals surface area contributed by atoms with E-state index < -0.39 is 0 Å². The van der Waals surface area contributed by atoms with Gasteiger partial charge in [0, 0.05) is 12.7 Å². The first-order valence-electron chi connectivity index (χ1n) is 5.03. The Morgan fingerprint density at radius 2 is 2.07 bits per heavy atom. The maximum Gasteiger partial charge on any atom is 0.0681 e. The summed E-state index contributed by atoms with van der Waals surface area (Å²) >= 11 is 0. The molecule has 15 heavy (non-hydrogen) atoms. The van der Waals surface area contributed by atoms with Crippen LogP contribution >= 0.6 is 0 Å². The fourth-order valence-corrected chi connectivity index (χ4v) is 1.65. The van der Waals surface area contributed by atoms with Crippen molar-refractivity contribution in [2.75, 3.05) is 0 Å². The van der Waals surface area contributed by atoms with Gasteiger partial charge in [0.05, 0.1) is 11.4 Å². The first-order chi connectivity index (χ1) is 7.22. The summed E-state index contributed by atoms with van der Waals surface area (Å²) < 4.78 is 1.91. The summed E-state index contributed by atoms with van der Waals surface area (Å²) in [5.41, 5.74) is 10.2. The number of hydrogen-bond acceptors (Lipinski definition) is 2. The topological polar surface area (TPSA) is 43.8 Å². The molecule has 0 aliphatic rings. The minimum absolute atomic E-state index is 0.507. The molecule has 1 aromatic heterocycles. The number of benzene rings is 1. The average molecular weight is 201 g/mol. The Balaban J connectivity index is 2.58. The molecule has 2 rings (SSSR count). The van der Waals surface area contributed by atoms with Crippen molar-refractivity contribution < 1.29 is 0 Å². The van der Waals surface area contributed by atoms with Gasteiger partial charge in [-0.2, -0.15) is 5.10 Å². The zero-order chi connectivity index (χ0) is 10.8. The van der Waals surface area contributed by atoms with Gasteiger partial charge in [0.15, 0.2) is 0 Å². The van der Waals surface area contributed by atoms with E-state index >= 15 is 0 Å². The molecule has 1 heterocycles. The maximum atomic E-state index is 5.66. The van der Waals surface area contributed by atoms with Crippen LogP contribution in [0.15, 0.2) is 30.5 Å². The number of aromatic nitrogens is 2. The van der Waals surface area contributed by atoms with E-state index in [2.05, 4.69) is 37.1 Å². The lowest BCUT2D eigenvalue weighted by Crippen LogP contribution is -2.08. The summed E-state index contributed by atoms with van der Waals surface area (Å²) in [4.78, 5) is 0. The zero-order valence-electron chi connectivity index (χ0n) is 9.07. The number of rotatable bonds is 2. The smallest absolute Gasteiger partial charge is 0.0681 e. The molecule has 0 atom stereocenters. The van der Waals surface area contributed by atoms with Crippen LogP contribution in [-0.4, -0.2) is 9.78 Å². The summed E-state index contributed by atoms with van der Waals surface area (Å²) in [7, 11) is 0. The van der Waals surface area contributed by atoms with Gasteiger partial charge in [-0.3, -0.25) is 0 Å². The van der Waals surface area contributed by atoms with Crippen molar-refractivity contribution in [2.24, 2.45) is 5.73 Å². The fraction of sp³-hybridized carbons (Fsp3) is 0.250. The van der Waals surface area contributed by atoms with Crippen LogP contribution in [0.4, 0.5) is 0 Å². The summed E-state index contributed by atoms with van der Waals surface area (Å²) in [5.74, 6) is 0. The predicted octanol–water partition coefficient (Wildman–Crippen LogP) is 1.95. The lowest BCUT2D eigenvalue weighted by Gasteiger charge is -2.09. The highest BCUT2D eigenvalue weighted by atomic mass is 15.3. The second kappa shape index (κ2) is 3.87. The van der Waals surface area contributed by atoms with Gasteiger partial charge in [0.1, 0.15) is 0 Å². The van der Waals surface area contributed by atoms with Crippen LogP contribution in [-0.2, 0) is 6.54 Å². The minimum atomic E-state index is 0.507.